The van der Waals surface area contributed by atoms with E-state index in [1.807, 2.05) is 17.7 Å². The summed E-state index contributed by atoms with van der Waals surface area (Å²) in [6.07, 6.45) is 3.19. The molecule has 0 radical (unpaired) electrons. The average Bonchev–Trinajstić information content (AvgIpc) is 2.74. The van der Waals surface area contributed by atoms with Gasteiger partial charge >= 0.3 is 0 Å². The minimum Gasteiger partial charge on any atom is -0.350 e. The molecule has 0 spiro atoms. The van der Waals surface area contributed by atoms with Gasteiger partial charge in [0.25, 0.3) is 5.91 Å². The van der Waals surface area contributed by atoms with Gasteiger partial charge in [-0.25, -0.2) is 5.48 Å². The van der Waals surface area contributed by atoms with Gasteiger partial charge in [-0.15, -0.1) is 0 Å². The Morgan fingerprint density at radius 1 is 1.50 bits per heavy atom. The first-order valence-corrected chi connectivity index (χ1v) is 6.11. The van der Waals surface area contributed by atoms with E-state index in [2.05, 4.69) is 20.0 Å². The molecule has 96 valence electrons. The summed E-state index contributed by atoms with van der Waals surface area (Å²) in [6, 6.07) is 5.48. The quantitative estimate of drug-likeness (QED) is 0.646. The monoisotopic (exact) mass is 246 g/mol. The maximum Gasteiger partial charge on any atom is 0.274 e. The van der Waals surface area contributed by atoms with E-state index < -0.39 is 5.91 Å². The molecule has 1 atom stereocenters. The van der Waals surface area contributed by atoms with Gasteiger partial charge in [0.15, 0.2) is 0 Å². The van der Waals surface area contributed by atoms with Gasteiger partial charge < -0.3 is 4.57 Å². The van der Waals surface area contributed by atoms with Crippen LogP contribution >= 0.6 is 0 Å². The van der Waals surface area contributed by atoms with E-state index in [9.17, 15) is 4.79 Å². The van der Waals surface area contributed by atoms with Crippen molar-refractivity contribution in [3.63, 3.8) is 0 Å². The van der Waals surface area contributed by atoms with Gasteiger partial charge in [0.05, 0.1) is 0 Å². The molecule has 0 aliphatic heterocycles. The third kappa shape index (κ3) is 1.99. The summed E-state index contributed by atoms with van der Waals surface area (Å²) < 4.78 is 2.02. The lowest BCUT2D eigenvalue weighted by Gasteiger charge is -2.06. The zero-order chi connectivity index (χ0) is 13.3. The lowest BCUT2D eigenvalue weighted by atomic mass is 9.97. The fraction of sp³-hybridized carbons (Fsp3) is 0.357. The molecular weight excluding hydrogens is 228 g/mol. The molecule has 0 aliphatic carbocycles. The van der Waals surface area contributed by atoms with Crippen molar-refractivity contribution in [2.24, 2.45) is 7.05 Å². The first kappa shape index (κ1) is 12.6. The van der Waals surface area contributed by atoms with Crippen LogP contribution in [0.1, 0.15) is 42.1 Å². The molecule has 0 fully saturated rings. The van der Waals surface area contributed by atoms with Crippen LogP contribution in [-0.2, 0) is 7.05 Å². The normalized spacial score (nSPS) is 12.7. The average molecular weight is 246 g/mol. The Hall–Kier alpha value is -1.81. The zero-order valence-corrected chi connectivity index (χ0v) is 10.9. The number of carbonyl (C=O) groups excluding carboxylic acids is 1. The Kier molecular flexibility index (Phi) is 3.39. The Morgan fingerprint density at radius 3 is 2.83 bits per heavy atom. The SMILES string of the molecule is CCC(C)c1cn(C)c2cc(C(=O)NO)ccc12. The molecule has 1 amide bonds. The molecule has 1 unspecified atom stereocenters. The fourth-order valence-corrected chi connectivity index (χ4v) is 2.23. The summed E-state index contributed by atoms with van der Waals surface area (Å²) in [7, 11) is 1.97. The third-order valence-electron chi connectivity index (χ3n) is 3.53. The molecule has 0 saturated heterocycles. The summed E-state index contributed by atoms with van der Waals surface area (Å²) >= 11 is 0. The van der Waals surface area contributed by atoms with Crippen LogP contribution < -0.4 is 5.48 Å². The summed E-state index contributed by atoms with van der Waals surface area (Å²) in [4.78, 5) is 11.4. The summed E-state index contributed by atoms with van der Waals surface area (Å²) in [5, 5.41) is 9.82. The van der Waals surface area contributed by atoms with Gasteiger partial charge in [-0.1, -0.05) is 19.9 Å². The third-order valence-corrected chi connectivity index (χ3v) is 3.53. The molecule has 0 aliphatic rings. The predicted octanol–water partition coefficient (Wildman–Crippen LogP) is 2.81. The number of hydrogen-bond donors (Lipinski definition) is 2. The second-order valence-electron chi connectivity index (χ2n) is 4.68. The van der Waals surface area contributed by atoms with E-state index in [4.69, 9.17) is 5.21 Å². The maximum atomic E-state index is 11.4. The number of carbonyl (C=O) groups is 1. The van der Waals surface area contributed by atoms with Crippen LogP contribution in [0.2, 0.25) is 0 Å². The van der Waals surface area contributed by atoms with E-state index in [1.165, 1.54) is 10.9 Å². The minimum atomic E-state index is -0.483. The summed E-state index contributed by atoms with van der Waals surface area (Å²) in [5.41, 5.74) is 4.42. The van der Waals surface area contributed by atoms with Crippen molar-refractivity contribution in [1.29, 1.82) is 0 Å². The fourth-order valence-electron chi connectivity index (χ4n) is 2.23. The molecule has 0 saturated carbocycles. The van der Waals surface area contributed by atoms with Gasteiger partial charge in [0, 0.05) is 29.7 Å². The molecular formula is C14H18N2O2. The molecule has 2 rings (SSSR count). The van der Waals surface area contributed by atoms with Crippen LogP contribution in [0, 0.1) is 0 Å². The minimum absolute atomic E-state index is 0.460. The smallest absolute Gasteiger partial charge is 0.274 e. The molecule has 1 aromatic heterocycles. The van der Waals surface area contributed by atoms with Gasteiger partial charge in [-0.3, -0.25) is 10.0 Å². The van der Waals surface area contributed by atoms with Crippen molar-refractivity contribution in [1.82, 2.24) is 10.0 Å². The van der Waals surface area contributed by atoms with Crippen LogP contribution in [-0.4, -0.2) is 15.7 Å². The number of rotatable bonds is 3. The lowest BCUT2D eigenvalue weighted by molar-refractivity contribution is 0.0706. The Labute approximate surface area is 106 Å². The van der Waals surface area contributed by atoms with E-state index >= 15 is 0 Å². The van der Waals surface area contributed by atoms with Crippen LogP contribution in [0.15, 0.2) is 24.4 Å². The summed E-state index contributed by atoms with van der Waals surface area (Å²) in [5.74, 6) is 0.00871. The highest BCUT2D eigenvalue weighted by Gasteiger charge is 2.13. The van der Waals surface area contributed by atoms with Crippen LogP contribution in [0.25, 0.3) is 10.9 Å². The Morgan fingerprint density at radius 2 is 2.22 bits per heavy atom. The van der Waals surface area contributed by atoms with Crippen molar-refractivity contribution in [3.8, 4) is 0 Å². The van der Waals surface area contributed by atoms with Crippen molar-refractivity contribution in [2.45, 2.75) is 26.2 Å². The van der Waals surface area contributed by atoms with Gasteiger partial charge in [-0.2, -0.15) is 0 Å². The van der Waals surface area contributed by atoms with E-state index in [-0.39, 0.29) is 0 Å². The largest absolute Gasteiger partial charge is 0.350 e. The van der Waals surface area contributed by atoms with Crippen molar-refractivity contribution in [2.75, 3.05) is 0 Å². The number of hydrogen-bond acceptors (Lipinski definition) is 2. The topological polar surface area (TPSA) is 54.3 Å². The molecule has 0 bridgehead atoms. The van der Waals surface area contributed by atoms with Crippen molar-refractivity contribution < 1.29 is 10.0 Å². The highest BCUT2D eigenvalue weighted by molar-refractivity contribution is 5.98. The van der Waals surface area contributed by atoms with Gasteiger partial charge in [0.2, 0.25) is 0 Å². The summed E-state index contributed by atoms with van der Waals surface area (Å²) in [6.45, 7) is 4.36. The number of benzene rings is 1. The van der Waals surface area contributed by atoms with E-state index in [1.54, 1.807) is 17.6 Å². The Bertz CT molecular complexity index is 587. The van der Waals surface area contributed by atoms with Gasteiger partial charge in [-0.05, 0) is 30.0 Å². The van der Waals surface area contributed by atoms with Crippen LogP contribution in [0.4, 0.5) is 0 Å². The van der Waals surface area contributed by atoms with Gasteiger partial charge in [0.1, 0.15) is 0 Å². The van der Waals surface area contributed by atoms with Crippen LogP contribution in [0.5, 0.6) is 0 Å². The molecule has 2 aromatic rings. The zero-order valence-electron chi connectivity index (χ0n) is 10.9. The molecule has 4 heteroatoms. The highest BCUT2D eigenvalue weighted by Crippen LogP contribution is 2.29. The molecule has 18 heavy (non-hydrogen) atoms. The first-order valence-electron chi connectivity index (χ1n) is 6.11. The first-order chi connectivity index (χ1) is 8.58. The number of nitrogens with zero attached hydrogens (tertiary/aromatic N) is 1. The number of aromatic nitrogens is 1. The number of amides is 1. The van der Waals surface area contributed by atoms with Crippen molar-refractivity contribution in [3.05, 3.63) is 35.5 Å². The number of aryl methyl sites for hydroxylation is 1. The second kappa shape index (κ2) is 4.82. The van der Waals surface area contributed by atoms with E-state index in [0.29, 0.717) is 11.5 Å². The number of hydroxylamine groups is 1. The molecule has 1 heterocycles. The van der Waals surface area contributed by atoms with Crippen molar-refractivity contribution >= 4 is 16.8 Å². The lowest BCUT2D eigenvalue weighted by Crippen LogP contribution is -2.18. The Balaban J connectivity index is 2.59. The maximum absolute atomic E-state index is 11.4. The second-order valence-corrected chi connectivity index (χ2v) is 4.68. The molecule has 2 N–H and O–H groups in total. The molecule has 1 aromatic carbocycles. The number of fused-ring (bicyclic) bond motifs is 1. The number of nitrogens with one attached hydrogen (secondary N) is 1. The van der Waals surface area contributed by atoms with Crippen LogP contribution in [0.3, 0.4) is 0 Å². The van der Waals surface area contributed by atoms with E-state index in [0.717, 1.165) is 11.9 Å². The highest BCUT2D eigenvalue weighted by atomic mass is 16.5. The molecule has 4 nitrogen and oxygen atoms in total. The predicted molar refractivity (Wildman–Crippen MR) is 70.9 cm³/mol. The standard InChI is InChI=1S/C14H18N2O2/c1-4-9(2)12-8-16(3)13-7-10(14(17)15-18)5-6-11(12)13/h5-9,18H,4H2,1-3H3,(H,15,17).